The minimum atomic E-state index is -0.236. The summed E-state index contributed by atoms with van der Waals surface area (Å²) in [5.74, 6) is 0.926. The van der Waals surface area contributed by atoms with Gasteiger partial charge in [-0.05, 0) is 23.6 Å². The van der Waals surface area contributed by atoms with Gasteiger partial charge in [0.25, 0.3) is 5.91 Å². The van der Waals surface area contributed by atoms with Crippen molar-refractivity contribution in [2.24, 2.45) is 0 Å². The van der Waals surface area contributed by atoms with Crippen molar-refractivity contribution in [1.82, 2.24) is 0 Å². The highest BCUT2D eigenvalue weighted by molar-refractivity contribution is 7.12. The molecule has 0 unspecified atom stereocenters. The third kappa shape index (κ3) is 2.79. The van der Waals surface area contributed by atoms with E-state index in [-0.39, 0.29) is 5.91 Å². The van der Waals surface area contributed by atoms with Crippen LogP contribution in [0.2, 0.25) is 0 Å². The zero-order valence-electron chi connectivity index (χ0n) is 10.6. The van der Waals surface area contributed by atoms with Crippen LogP contribution < -0.4 is 20.5 Å². The van der Waals surface area contributed by atoms with Crippen molar-refractivity contribution < 1.29 is 14.3 Å². The second-order valence-corrected chi connectivity index (χ2v) is 4.65. The van der Waals surface area contributed by atoms with Crippen molar-refractivity contribution in [1.29, 1.82) is 0 Å². The predicted molar refractivity (Wildman–Crippen MR) is 76.2 cm³/mol. The van der Waals surface area contributed by atoms with Crippen LogP contribution in [-0.4, -0.2) is 20.1 Å². The Hall–Kier alpha value is -2.21. The van der Waals surface area contributed by atoms with Crippen LogP contribution in [0.15, 0.2) is 29.6 Å². The minimum Gasteiger partial charge on any atom is -0.493 e. The van der Waals surface area contributed by atoms with Crippen LogP contribution in [0.4, 0.5) is 11.4 Å². The Morgan fingerprint density at radius 1 is 1.21 bits per heavy atom. The SMILES string of the molecule is COc1ccc(NC(=O)c2sccc2N)cc1OC. The van der Waals surface area contributed by atoms with E-state index in [1.807, 2.05) is 0 Å². The van der Waals surface area contributed by atoms with Gasteiger partial charge in [-0.25, -0.2) is 0 Å². The van der Waals surface area contributed by atoms with Crippen LogP contribution in [-0.2, 0) is 0 Å². The molecule has 1 aromatic heterocycles. The minimum absolute atomic E-state index is 0.236. The molecule has 19 heavy (non-hydrogen) atoms. The lowest BCUT2D eigenvalue weighted by Crippen LogP contribution is -2.12. The van der Waals surface area contributed by atoms with E-state index in [0.29, 0.717) is 27.8 Å². The van der Waals surface area contributed by atoms with Crippen LogP contribution in [0.1, 0.15) is 9.67 Å². The standard InChI is InChI=1S/C13H14N2O3S/c1-17-10-4-3-8(7-11(10)18-2)15-13(16)12-9(14)5-6-19-12/h3-7H,14H2,1-2H3,(H,15,16). The molecule has 1 amide bonds. The van der Waals surface area contributed by atoms with Crippen molar-refractivity contribution in [2.45, 2.75) is 0 Å². The molecule has 0 saturated carbocycles. The quantitative estimate of drug-likeness (QED) is 0.901. The van der Waals surface area contributed by atoms with Crippen molar-refractivity contribution in [2.75, 3.05) is 25.3 Å². The number of hydrogen-bond acceptors (Lipinski definition) is 5. The fourth-order valence-corrected chi connectivity index (χ4v) is 2.32. The number of thiophene rings is 1. The summed E-state index contributed by atoms with van der Waals surface area (Å²) in [5.41, 5.74) is 6.80. The summed E-state index contributed by atoms with van der Waals surface area (Å²) in [5, 5.41) is 4.54. The summed E-state index contributed by atoms with van der Waals surface area (Å²) in [6, 6.07) is 6.87. The van der Waals surface area contributed by atoms with Crippen LogP contribution in [0, 0.1) is 0 Å². The van der Waals surface area contributed by atoms with Gasteiger partial charge >= 0.3 is 0 Å². The molecule has 3 N–H and O–H groups in total. The Morgan fingerprint density at radius 3 is 2.53 bits per heavy atom. The zero-order chi connectivity index (χ0) is 13.8. The highest BCUT2D eigenvalue weighted by Gasteiger charge is 2.12. The van der Waals surface area contributed by atoms with Crippen LogP contribution >= 0.6 is 11.3 Å². The fraction of sp³-hybridized carbons (Fsp3) is 0.154. The number of methoxy groups -OCH3 is 2. The number of rotatable bonds is 4. The number of benzene rings is 1. The van der Waals surface area contributed by atoms with Gasteiger partial charge in [0, 0.05) is 11.8 Å². The van der Waals surface area contributed by atoms with E-state index in [2.05, 4.69) is 5.32 Å². The van der Waals surface area contributed by atoms with E-state index in [1.54, 1.807) is 43.9 Å². The summed E-state index contributed by atoms with van der Waals surface area (Å²) in [6.45, 7) is 0. The lowest BCUT2D eigenvalue weighted by atomic mass is 10.2. The van der Waals surface area contributed by atoms with E-state index in [9.17, 15) is 4.79 Å². The fourth-order valence-electron chi connectivity index (χ4n) is 1.61. The number of nitrogens with one attached hydrogen (secondary N) is 1. The molecule has 0 bridgehead atoms. The first-order chi connectivity index (χ1) is 9.15. The second kappa shape index (κ2) is 5.62. The van der Waals surface area contributed by atoms with E-state index in [1.165, 1.54) is 11.3 Å². The maximum absolute atomic E-state index is 12.0. The Morgan fingerprint density at radius 2 is 1.95 bits per heavy atom. The Balaban J connectivity index is 2.20. The van der Waals surface area contributed by atoms with Gasteiger partial charge in [-0.15, -0.1) is 11.3 Å². The van der Waals surface area contributed by atoms with Gasteiger partial charge in [-0.2, -0.15) is 0 Å². The summed E-state index contributed by atoms with van der Waals surface area (Å²) in [7, 11) is 3.10. The lowest BCUT2D eigenvalue weighted by Gasteiger charge is -2.10. The number of carbonyl (C=O) groups excluding carboxylic acids is 1. The molecule has 6 heteroatoms. The van der Waals surface area contributed by atoms with E-state index >= 15 is 0 Å². The molecule has 0 aliphatic rings. The largest absolute Gasteiger partial charge is 0.493 e. The number of nitrogens with two attached hydrogens (primary N) is 1. The molecule has 2 rings (SSSR count). The van der Waals surface area contributed by atoms with Crippen molar-refractivity contribution in [3.05, 3.63) is 34.5 Å². The zero-order valence-corrected chi connectivity index (χ0v) is 11.4. The normalized spacial score (nSPS) is 10.0. The van der Waals surface area contributed by atoms with Gasteiger partial charge in [0.1, 0.15) is 4.88 Å². The molecule has 0 spiro atoms. The summed E-state index contributed by atoms with van der Waals surface area (Å²) in [4.78, 5) is 12.5. The van der Waals surface area contributed by atoms with Gasteiger partial charge in [0.2, 0.25) is 0 Å². The number of carbonyl (C=O) groups is 1. The van der Waals surface area contributed by atoms with Gasteiger partial charge in [0.15, 0.2) is 11.5 Å². The number of amides is 1. The molecule has 0 radical (unpaired) electrons. The highest BCUT2D eigenvalue weighted by Crippen LogP contribution is 2.30. The smallest absolute Gasteiger partial charge is 0.267 e. The van der Waals surface area contributed by atoms with Gasteiger partial charge in [-0.1, -0.05) is 0 Å². The molecular weight excluding hydrogens is 264 g/mol. The predicted octanol–water partition coefficient (Wildman–Crippen LogP) is 2.60. The van der Waals surface area contributed by atoms with E-state index < -0.39 is 0 Å². The van der Waals surface area contributed by atoms with Gasteiger partial charge < -0.3 is 20.5 Å². The van der Waals surface area contributed by atoms with E-state index in [0.717, 1.165) is 0 Å². The summed E-state index contributed by atoms with van der Waals surface area (Å²) < 4.78 is 10.3. The lowest BCUT2D eigenvalue weighted by molar-refractivity contribution is 0.103. The van der Waals surface area contributed by atoms with Gasteiger partial charge in [-0.3, -0.25) is 4.79 Å². The van der Waals surface area contributed by atoms with Crippen LogP contribution in [0.5, 0.6) is 11.5 Å². The third-order valence-electron chi connectivity index (χ3n) is 2.54. The van der Waals surface area contributed by atoms with Crippen LogP contribution in [0.25, 0.3) is 0 Å². The molecule has 2 aromatic rings. The first kappa shape index (κ1) is 13.2. The first-order valence-electron chi connectivity index (χ1n) is 5.52. The Bertz CT molecular complexity index is 595. The molecular formula is C13H14N2O3S. The van der Waals surface area contributed by atoms with Crippen LogP contribution in [0.3, 0.4) is 0 Å². The molecule has 1 heterocycles. The summed E-state index contributed by atoms with van der Waals surface area (Å²) in [6.07, 6.45) is 0. The van der Waals surface area contributed by atoms with E-state index in [4.69, 9.17) is 15.2 Å². The third-order valence-corrected chi connectivity index (χ3v) is 3.47. The average Bonchev–Trinajstić information content (AvgIpc) is 2.85. The number of hydrogen-bond donors (Lipinski definition) is 2. The number of nitrogen functional groups attached to an aromatic ring is 1. The Kier molecular flexibility index (Phi) is 3.91. The number of anilines is 2. The topological polar surface area (TPSA) is 73.6 Å². The molecule has 0 atom stereocenters. The second-order valence-electron chi connectivity index (χ2n) is 3.73. The maximum Gasteiger partial charge on any atom is 0.267 e. The molecule has 0 saturated heterocycles. The molecule has 0 aliphatic heterocycles. The summed E-state index contributed by atoms with van der Waals surface area (Å²) >= 11 is 1.30. The molecule has 100 valence electrons. The first-order valence-corrected chi connectivity index (χ1v) is 6.40. The van der Waals surface area contributed by atoms with Crippen molar-refractivity contribution >= 4 is 28.6 Å². The van der Waals surface area contributed by atoms with Crippen molar-refractivity contribution in [3.63, 3.8) is 0 Å². The molecule has 0 aliphatic carbocycles. The maximum atomic E-state index is 12.0. The number of ether oxygens (including phenoxy) is 2. The average molecular weight is 278 g/mol. The van der Waals surface area contributed by atoms with Gasteiger partial charge in [0.05, 0.1) is 19.9 Å². The molecule has 5 nitrogen and oxygen atoms in total. The molecule has 1 aromatic carbocycles. The van der Waals surface area contributed by atoms with Crippen molar-refractivity contribution in [3.8, 4) is 11.5 Å². The highest BCUT2D eigenvalue weighted by atomic mass is 32.1. The monoisotopic (exact) mass is 278 g/mol. The molecule has 0 fully saturated rings. The Labute approximate surface area is 115 Å².